The highest BCUT2D eigenvalue weighted by Gasteiger charge is 2.19. The first kappa shape index (κ1) is 64.6. The Labute approximate surface area is 420 Å². The number of allylic oxidation sites excluding steroid dienone is 14. The van der Waals surface area contributed by atoms with E-state index in [4.69, 9.17) is 14.2 Å². The van der Waals surface area contributed by atoms with Crippen molar-refractivity contribution in [3.63, 3.8) is 0 Å². The lowest BCUT2D eigenvalue weighted by Crippen LogP contribution is -2.30. The molecule has 390 valence electrons. The van der Waals surface area contributed by atoms with Gasteiger partial charge in [0.05, 0.1) is 0 Å². The number of hydrogen-bond acceptors (Lipinski definition) is 6. The van der Waals surface area contributed by atoms with Crippen molar-refractivity contribution in [3.8, 4) is 0 Å². The molecule has 0 spiro atoms. The smallest absolute Gasteiger partial charge is 0.306 e. The molecular formula is C62H106O6. The van der Waals surface area contributed by atoms with E-state index in [2.05, 4.69) is 93.7 Å². The third-order valence-electron chi connectivity index (χ3n) is 12.1. The minimum Gasteiger partial charge on any atom is -0.462 e. The number of hydrogen-bond donors (Lipinski definition) is 0. The Morgan fingerprint density at radius 2 is 0.603 bits per heavy atom. The average molecular weight is 948 g/mol. The van der Waals surface area contributed by atoms with Gasteiger partial charge in [-0.05, 0) is 83.5 Å². The molecule has 1 atom stereocenters. The van der Waals surface area contributed by atoms with Crippen LogP contribution in [0.2, 0.25) is 0 Å². The van der Waals surface area contributed by atoms with Crippen LogP contribution in [0.1, 0.15) is 271 Å². The first-order chi connectivity index (χ1) is 33.5. The van der Waals surface area contributed by atoms with E-state index in [0.717, 1.165) is 77.0 Å². The highest BCUT2D eigenvalue weighted by atomic mass is 16.6. The molecule has 0 aliphatic heterocycles. The van der Waals surface area contributed by atoms with Crippen LogP contribution in [-0.4, -0.2) is 37.2 Å². The number of carbonyl (C=O) groups is 3. The SMILES string of the molecule is CC/C=C\C/C=C\C/C=C\C/C=C\C/C=C\C/C=C\CCC(=O)OC(COC(=O)CCCCCCCC)COC(=O)CCCCCCCCCCCCCCC/C=C\CCCCCCCCCC. The van der Waals surface area contributed by atoms with Crippen LogP contribution < -0.4 is 0 Å². The Hall–Kier alpha value is -3.41. The standard InChI is InChI=1S/C62H106O6/c1-4-7-10-13-16-18-20-22-24-26-28-29-30-31-32-33-35-36-38-40-42-44-46-49-52-55-61(64)67-58-59(57-66-60(63)54-51-48-15-12-9-6-3)68-62(65)56-53-50-47-45-43-41-39-37-34-27-25-23-21-19-17-14-11-8-5-2/h8,11,17,19,23,25-26,28,34,37,41,43,47,50,59H,4-7,9-10,12-16,18,20-22,24,27,29-33,35-36,38-40,42,44-46,48-49,51-58H2,1-3H3/b11-8-,19-17-,25-23-,28-26-,37-34-,43-41-,50-47-. The molecule has 0 bridgehead atoms. The molecule has 0 fully saturated rings. The van der Waals surface area contributed by atoms with Crippen molar-refractivity contribution >= 4 is 17.9 Å². The predicted molar refractivity (Wildman–Crippen MR) is 293 cm³/mol. The molecule has 0 aliphatic rings. The number of esters is 3. The van der Waals surface area contributed by atoms with Crippen LogP contribution in [0.3, 0.4) is 0 Å². The summed E-state index contributed by atoms with van der Waals surface area (Å²) in [5, 5.41) is 0. The summed E-state index contributed by atoms with van der Waals surface area (Å²) in [6.07, 6.45) is 73.4. The second-order valence-corrected chi connectivity index (χ2v) is 18.8. The lowest BCUT2D eigenvalue weighted by atomic mass is 10.0. The third kappa shape index (κ3) is 53.5. The molecule has 0 amide bonds. The zero-order valence-electron chi connectivity index (χ0n) is 44.6. The summed E-state index contributed by atoms with van der Waals surface area (Å²) < 4.78 is 16.7. The molecule has 6 nitrogen and oxygen atoms in total. The summed E-state index contributed by atoms with van der Waals surface area (Å²) in [6.45, 7) is 6.41. The monoisotopic (exact) mass is 947 g/mol. The van der Waals surface area contributed by atoms with Crippen molar-refractivity contribution in [2.45, 2.75) is 277 Å². The molecule has 0 aliphatic carbocycles. The van der Waals surface area contributed by atoms with Gasteiger partial charge < -0.3 is 14.2 Å². The minimum atomic E-state index is -0.813. The summed E-state index contributed by atoms with van der Waals surface area (Å²) in [7, 11) is 0. The van der Waals surface area contributed by atoms with E-state index in [1.54, 1.807) is 0 Å². The first-order valence-electron chi connectivity index (χ1n) is 28.6. The lowest BCUT2D eigenvalue weighted by Gasteiger charge is -2.18. The Bertz CT molecular complexity index is 1320. The van der Waals surface area contributed by atoms with E-state index in [1.807, 2.05) is 12.2 Å². The zero-order valence-corrected chi connectivity index (χ0v) is 44.6. The highest BCUT2D eigenvalue weighted by molar-refractivity contribution is 5.71. The van der Waals surface area contributed by atoms with E-state index in [0.29, 0.717) is 19.3 Å². The average Bonchev–Trinajstić information content (AvgIpc) is 3.34. The highest BCUT2D eigenvalue weighted by Crippen LogP contribution is 2.15. The second-order valence-electron chi connectivity index (χ2n) is 18.8. The van der Waals surface area contributed by atoms with Gasteiger partial charge >= 0.3 is 17.9 Å². The Kier molecular flexibility index (Phi) is 53.4. The van der Waals surface area contributed by atoms with Crippen molar-refractivity contribution in [1.29, 1.82) is 0 Å². The molecule has 0 saturated carbocycles. The van der Waals surface area contributed by atoms with E-state index in [9.17, 15) is 14.4 Å². The van der Waals surface area contributed by atoms with Gasteiger partial charge in [-0.3, -0.25) is 14.4 Å². The van der Waals surface area contributed by atoms with Gasteiger partial charge in [0.1, 0.15) is 13.2 Å². The van der Waals surface area contributed by atoms with E-state index in [-0.39, 0.29) is 31.6 Å². The number of unbranched alkanes of at least 4 members (excludes halogenated alkanes) is 26. The summed E-state index contributed by atoms with van der Waals surface area (Å²) >= 11 is 0. The van der Waals surface area contributed by atoms with Crippen molar-refractivity contribution in [1.82, 2.24) is 0 Å². The van der Waals surface area contributed by atoms with E-state index < -0.39 is 12.1 Å². The molecule has 0 N–H and O–H groups in total. The molecule has 0 aromatic rings. The normalized spacial score (nSPS) is 12.7. The van der Waals surface area contributed by atoms with Crippen molar-refractivity contribution < 1.29 is 28.6 Å². The zero-order chi connectivity index (χ0) is 49.3. The Balaban J connectivity index is 4.20. The summed E-state index contributed by atoms with van der Waals surface area (Å²) in [5.74, 6) is -0.997. The van der Waals surface area contributed by atoms with Crippen molar-refractivity contribution in [3.05, 3.63) is 85.1 Å². The third-order valence-corrected chi connectivity index (χ3v) is 12.1. The van der Waals surface area contributed by atoms with Gasteiger partial charge in [-0.2, -0.15) is 0 Å². The number of rotatable bonds is 51. The molecule has 0 aromatic carbocycles. The number of ether oxygens (including phenoxy) is 3. The maximum absolute atomic E-state index is 12.7. The fourth-order valence-corrected chi connectivity index (χ4v) is 7.88. The van der Waals surface area contributed by atoms with Gasteiger partial charge in [-0.15, -0.1) is 0 Å². The van der Waals surface area contributed by atoms with Gasteiger partial charge in [-0.25, -0.2) is 0 Å². The van der Waals surface area contributed by atoms with Gasteiger partial charge in [0.2, 0.25) is 0 Å². The van der Waals surface area contributed by atoms with Gasteiger partial charge in [0, 0.05) is 19.3 Å². The van der Waals surface area contributed by atoms with Crippen LogP contribution in [0.25, 0.3) is 0 Å². The minimum absolute atomic E-state index is 0.106. The maximum atomic E-state index is 12.7. The van der Waals surface area contributed by atoms with Crippen molar-refractivity contribution in [2.24, 2.45) is 0 Å². The van der Waals surface area contributed by atoms with Gasteiger partial charge in [-0.1, -0.05) is 254 Å². The molecule has 6 heteroatoms. The van der Waals surface area contributed by atoms with Crippen LogP contribution in [-0.2, 0) is 28.6 Å². The molecule has 0 heterocycles. The topological polar surface area (TPSA) is 78.9 Å². The summed E-state index contributed by atoms with van der Waals surface area (Å²) in [6, 6.07) is 0. The van der Waals surface area contributed by atoms with E-state index >= 15 is 0 Å². The largest absolute Gasteiger partial charge is 0.462 e. The van der Waals surface area contributed by atoms with Crippen LogP contribution in [0.4, 0.5) is 0 Å². The predicted octanol–water partition coefficient (Wildman–Crippen LogP) is 19.2. The van der Waals surface area contributed by atoms with Gasteiger partial charge in [0.15, 0.2) is 6.10 Å². The molecule has 1 unspecified atom stereocenters. The second kappa shape index (κ2) is 56.2. The van der Waals surface area contributed by atoms with Crippen LogP contribution >= 0.6 is 0 Å². The van der Waals surface area contributed by atoms with Crippen LogP contribution in [0, 0.1) is 0 Å². The van der Waals surface area contributed by atoms with Crippen LogP contribution in [0.15, 0.2) is 85.1 Å². The fraction of sp³-hybridized carbons (Fsp3) is 0.726. The lowest BCUT2D eigenvalue weighted by molar-refractivity contribution is -0.166. The first-order valence-corrected chi connectivity index (χ1v) is 28.6. The quantitative estimate of drug-likeness (QED) is 0.0262. The van der Waals surface area contributed by atoms with Gasteiger partial charge in [0.25, 0.3) is 0 Å². The molecule has 68 heavy (non-hydrogen) atoms. The molecule has 0 rings (SSSR count). The molecule has 0 saturated heterocycles. The summed E-state index contributed by atoms with van der Waals surface area (Å²) in [4.78, 5) is 37.8. The van der Waals surface area contributed by atoms with E-state index in [1.165, 1.54) is 148 Å². The Morgan fingerprint density at radius 1 is 0.309 bits per heavy atom. The van der Waals surface area contributed by atoms with Crippen LogP contribution in [0.5, 0.6) is 0 Å². The maximum Gasteiger partial charge on any atom is 0.306 e. The fourth-order valence-electron chi connectivity index (χ4n) is 7.88. The number of carbonyl (C=O) groups excluding carboxylic acids is 3. The Morgan fingerprint density at radius 3 is 0.956 bits per heavy atom. The molecular weight excluding hydrogens is 841 g/mol. The van der Waals surface area contributed by atoms with Crippen molar-refractivity contribution in [2.75, 3.05) is 13.2 Å². The summed E-state index contributed by atoms with van der Waals surface area (Å²) in [5.41, 5.74) is 0. The molecule has 0 radical (unpaired) electrons. The molecule has 0 aromatic heterocycles.